The molecule has 0 aromatic rings. The Kier molecular flexibility index (Phi) is 8.12. The van der Waals surface area contributed by atoms with Crippen LogP contribution in [0.1, 0.15) is 46.0 Å². The first kappa shape index (κ1) is 17.8. The molecule has 0 spiro atoms. The highest BCUT2D eigenvalue weighted by atomic mass is 16.4. The molecule has 0 radical (unpaired) electrons. The third-order valence-corrected chi connectivity index (χ3v) is 4.03. The summed E-state index contributed by atoms with van der Waals surface area (Å²) in [5.74, 6) is -0.618. The maximum atomic E-state index is 11.7. The second kappa shape index (κ2) is 9.60. The number of carboxylic acid groups (broad SMARTS) is 1. The molecule has 6 heteroatoms. The lowest BCUT2D eigenvalue weighted by atomic mass is 10.1. The lowest BCUT2D eigenvalue weighted by molar-refractivity contribution is -0.137. The zero-order chi connectivity index (χ0) is 15.7. The first-order valence-corrected chi connectivity index (χ1v) is 7.96. The molecule has 2 atom stereocenters. The number of hydrogen-bond acceptors (Lipinski definition) is 3. The topological polar surface area (TPSA) is 81.7 Å². The Morgan fingerprint density at radius 2 is 1.71 bits per heavy atom. The van der Waals surface area contributed by atoms with Crippen LogP contribution in [0.25, 0.3) is 0 Å². The number of rotatable bonds is 8. The van der Waals surface area contributed by atoms with Gasteiger partial charge in [-0.15, -0.1) is 0 Å². The van der Waals surface area contributed by atoms with Crippen molar-refractivity contribution in [1.82, 2.24) is 15.5 Å². The molecule has 2 unspecified atom stereocenters. The van der Waals surface area contributed by atoms with Gasteiger partial charge in [0.1, 0.15) is 0 Å². The van der Waals surface area contributed by atoms with Crippen LogP contribution in [0.2, 0.25) is 0 Å². The molecule has 6 nitrogen and oxygen atoms in total. The Bertz CT molecular complexity index is 330. The standard InChI is InChI=1S/C15H29N3O3/c1-12(6-7-14(19)20)10-16-15(21)17-11-13(2)18-8-4-3-5-9-18/h12-13H,3-11H2,1-2H3,(H,19,20)(H2,16,17,21). The van der Waals surface area contributed by atoms with Gasteiger partial charge in [-0.2, -0.15) is 0 Å². The summed E-state index contributed by atoms with van der Waals surface area (Å²) in [5.41, 5.74) is 0. The van der Waals surface area contributed by atoms with Crippen molar-refractivity contribution in [1.29, 1.82) is 0 Å². The summed E-state index contributed by atoms with van der Waals surface area (Å²) in [7, 11) is 0. The van der Waals surface area contributed by atoms with E-state index in [0.29, 0.717) is 25.6 Å². The second-order valence-electron chi connectivity index (χ2n) is 6.07. The van der Waals surface area contributed by atoms with Crippen LogP contribution in [0.5, 0.6) is 0 Å². The Hall–Kier alpha value is -1.30. The minimum absolute atomic E-state index is 0.149. The van der Waals surface area contributed by atoms with Crippen LogP contribution in [-0.4, -0.2) is 54.2 Å². The van der Waals surface area contributed by atoms with Crippen molar-refractivity contribution in [3.63, 3.8) is 0 Å². The molecule has 1 saturated heterocycles. The van der Waals surface area contributed by atoms with Gasteiger partial charge in [-0.3, -0.25) is 9.69 Å². The Balaban J connectivity index is 2.11. The predicted octanol–water partition coefficient (Wildman–Crippen LogP) is 1.66. The van der Waals surface area contributed by atoms with E-state index in [4.69, 9.17) is 5.11 Å². The van der Waals surface area contributed by atoms with E-state index in [0.717, 1.165) is 13.1 Å². The van der Waals surface area contributed by atoms with E-state index in [9.17, 15) is 9.59 Å². The number of nitrogens with zero attached hydrogens (tertiary/aromatic N) is 1. The van der Waals surface area contributed by atoms with Crippen molar-refractivity contribution in [2.45, 2.75) is 52.0 Å². The minimum Gasteiger partial charge on any atom is -0.481 e. The second-order valence-corrected chi connectivity index (χ2v) is 6.07. The van der Waals surface area contributed by atoms with E-state index in [1.807, 2.05) is 6.92 Å². The SMILES string of the molecule is CC(CCC(=O)O)CNC(=O)NCC(C)N1CCCCC1. The first-order chi connectivity index (χ1) is 9.99. The van der Waals surface area contributed by atoms with E-state index < -0.39 is 5.97 Å². The first-order valence-electron chi connectivity index (χ1n) is 7.96. The highest BCUT2D eigenvalue weighted by Gasteiger charge is 2.17. The molecular formula is C15H29N3O3. The maximum Gasteiger partial charge on any atom is 0.314 e. The van der Waals surface area contributed by atoms with Crippen LogP contribution in [-0.2, 0) is 4.79 Å². The van der Waals surface area contributed by atoms with E-state index in [1.165, 1.54) is 19.3 Å². The number of likely N-dealkylation sites (tertiary alicyclic amines) is 1. The molecule has 1 aliphatic heterocycles. The highest BCUT2D eigenvalue weighted by Crippen LogP contribution is 2.11. The monoisotopic (exact) mass is 299 g/mol. The average molecular weight is 299 g/mol. The molecule has 1 heterocycles. The molecule has 0 aliphatic carbocycles. The fourth-order valence-electron chi connectivity index (χ4n) is 2.53. The van der Waals surface area contributed by atoms with E-state index in [2.05, 4.69) is 22.5 Å². The van der Waals surface area contributed by atoms with Gasteiger partial charge in [0, 0.05) is 25.6 Å². The third-order valence-electron chi connectivity index (χ3n) is 4.03. The van der Waals surface area contributed by atoms with Gasteiger partial charge in [0.15, 0.2) is 0 Å². The van der Waals surface area contributed by atoms with Crippen molar-refractivity contribution in [2.75, 3.05) is 26.2 Å². The highest BCUT2D eigenvalue weighted by molar-refractivity contribution is 5.73. The fourth-order valence-corrected chi connectivity index (χ4v) is 2.53. The van der Waals surface area contributed by atoms with Crippen LogP contribution < -0.4 is 10.6 Å². The summed E-state index contributed by atoms with van der Waals surface area (Å²) >= 11 is 0. The van der Waals surface area contributed by atoms with Crippen molar-refractivity contribution >= 4 is 12.0 Å². The number of carboxylic acids is 1. The average Bonchev–Trinajstić information content (AvgIpc) is 2.49. The molecule has 2 amide bonds. The summed E-state index contributed by atoms with van der Waals surface area (Å²) in [6, 6.07) is 0.196. The Morgan fingerprint density at radius 1 is 1.10 bits per heavy atom. The molecule has 122 valence electrons. The summed E-state index contributed by atoms with van der Waals surface area (Å²) in [4.78, 5) is 24.6. The van der Waals surface area contributed by atoms with Gasteiger partial charge < -0.3 is 15.7 Å². The molecule has 0 aromatic heterocycles. The van der Waals surface area contributed by atoms with Crippen molar-refractivity contribution in [3.05, 3.63) is 0 Å². The van der Waals surface area contributed by atoms with Gasteiger partial charge in [-0.25, -0.2) is 4.79 Å². The third kappa shape index (κ3) is 7.90. The summed E-state index contributed by atoms with van der Waals surface area (Å²) < 4.78 is 0. The zero-order valence-electron chi connectivity index (χ0n) is 13.2. The lowest BCUT2D eigenvalue weighted by Crippen LogP contribution is -2.47. The summed E-state index contributed by atoms with van der Waals surface area (Å²) in [5, 5.41) is 14.3. The molecule has 1 rings (SSSR count). The number of carbonyl (C=O) groups excluding carboxylic acids is 1. The Labute approximate surface area is 127 Å². The number of urea groups is 1. The molecule has 3 N–H and O–H groups in total. The molecule has 0 saturated carbocycles. The van der Waals surface area contributed by atoms with Crippen molar-refractivity contribution < 1.29 is 14.7 Å². The largest absolute Gasteiger partial charge is 0.481 e. The molecule has 0 bridgehead atoms. The van der Waals surface area contributed by atoms with Crippen LogP contribution in [0.4, 0.5) is 4.79 Å². The summed E-state index contributed by atoms with van der Waals surface area (Å²) in [6.45, 7) is 7.49. The quantitative estimate of drug-likeness (QED) is 0.636. The normalized spacial score (nSPS) is 18.8. The van der Waals surface area contributed by atoms with Crippen LogP contribution in [0.15, 0.2) is 0 Å². The van der Waals surface area contributed by atoms with Crippen molar-refractivity contribution in [3.8, 4) is 0 Å². The Morgan fingerprint density at radius 3 is 2.33 bits per heavy atom. The smallest absolute Gasteiger partial charge is 0.314 e. The molecule has 1 fully saturated rings. The zero-order valence-corrected chi connectivity index (χ0v) is 13.2. The lowest BCUT2D eigenvalue weighted by Gasteiger charge is -2.32. The van der Waals surface area contributed by atoms with Gasteiger partial charge >= 0.3 is 12.0 Å². The molecule has 21 heavy (non-hydrogen) atoms. The van der Waals surface area contributed by atoms with E-state index in [1.54, 1.807) is 0 Å². The number of hydrogen-bond donors (Lipinski definition) is 3. The number of aliphatic carboxylic acids is 1. The van der Waals surface area contributed by atoms with E-state index in [-0.39, 0.29) is 18.4 Å². The minimum atomic E-state index is -0.790. The van der Waals surface area contributed by atoms with Crippen molar-refractivity contribution in [2.24, 2.45) is 5.92 Å². The molecular weight excluding hydrogens is 270 g/mol. The van der Waals surface area contributed by atoms with Crippen LogP contribution in [0.3, 0.4) is 0 Å². The predicted molar refractivity (Wildman–Crippen MR) is 82.3 cm³/mol. The molecule has 1 aliphatic rings. The van der Waals surface area contributed by atoms with Crippen LogP contribution in [0, 0.1) is 5.92 Å². The number of nitrogens with one attached hydrogen (secondary N) is 2. The van der Waals surface area contributed by atoms with Gasteiger partial charge in [-0.1, -0.05) is 13.3 Å². The number of carbonyl (C=O) groups is 2. The van der Waals surface area contributed by atoms with Gasteiger partial charge in [-0.05, 0) is 45.2 Å². The van der Waals surface area contributed by atoms with E-state index >= 15 is 0 Å². The number of amides is 2. The van der Waals surface area contributed by atoms with Gasteiger partial charge in [0.25, 0.3) is 0 Å². The molecule has 0 aromatic carbocycles. The number of piperidine rings is 1. The maximum absolute atomic E-state index is 11.7. The summed E-state index contributed by atoms with van der Waals surface area (Å²) in [6.07, 6.45) is 4.54. The van der Waals surface area contributed by atoms with Crippen LogP contribution >= 0.6 is 0 Å². The van der Waals surface area contributed by atoms with Gasteiger partial charge in [0.05, 0.1) is 0 Å². The fraction of sp³-hybridized carbons (Fsp3) is 0.867. The van der Waals surface area contributed by atoms with Gasteiger partial charge in [0.2, 0.25) is 0 Å².